The van der Waals surface area contributed by atoms with Crippen molar-refractivity contribution in [3.05, 3.63) is 29.8 Å². The number of carbonyl (C=O) groups is 3. The van der Waals surface area contributed by atoms with Crippen molar-refractivity contribution in [2.45, 2.75) is 71.0 Å². The molecule has 1 saturated heterocycles. The highest BCUT2D eigenvalue weighted by Gasteiger charge is 2.36. The molecule has 142 valence electrons. The summed E-state index contributed by atoms with van der Waals surface area (Å²) in [5, 5.41) is 2.04. The third-order valence-electron chi connectivity index (χ3n) is 5.79. The van der Waals surface area contributed by atoms with E-state index < -0.39 is 25.9 Å². The number of nitrogens with zero attached hydrogens (tertiary/aromatic N) is 1. The number of hydrogen-bond donors (Lipinski definition) is 0. The SMILES string of the molecule is CC(C)[Si](C)(c1ccc(CCC(=O)ON2C(=O)CCC2=O)cc1)C(C)C. The van der Waals surface area contributed by atoms with E-state index in [4.69, 9.17) is 4.84 Å². The molecule has 0 N–H and O–H groups in total. The van der Waals surface area contributed by atoms with Crippen molar-refractivity contribution < 1.29 is 19.2 Å². The van der Waals surface area contributed by atoms with Gasteiger partial charge in [0, 0.05) is 12.8 Å². The minimum atomic E-state index is -1.56. The maximum absolute atomic E-state index is 11.9. The number of rotatable bonds is 7. The van der Waals surface area contributed by atoms with Crippen LogP contribution in [0.2, 0.25) is 17.6 Å². The number of hydrogen-bond acceptors (Lipinski definition) is 4. The zero-order valence-electron chi connectivity index (χ0n) is 16.4. The summed E-state index contributed by atoms with van der Waals surface area (Å²) in [5.74, 6) is -1.44. The minimum absolute atomic E-state index is 0.113. The summed E-state index contributed by atoms with van der Waals surface area (Å²) in [6.45, 7) is 11.6. The van der Waals surface area contributed by atoms with E-state index in [1.165, 1.54) is 5.19 Å². The first-order chi connectivity index (χ1) is 12.2. The fraction of sp³-hybridized carbons (Fsp3) is 0.550. The third kappa shape index (κ3) is 4.23. The van der Waals surface area contributed by atoms with Gasteiger partial charge < -0.3 is 4.84 Å². The minimum Gasteiger partial charge on any atom is -0.330 e. The highest BCUT2D eigenvalue weighted by atomic mass is 28.3. The molecule has 0 bridgehead atoms. The van der Waals surface area contributed by atoms with Gasteiger partial charge in [-0.1, -0.05) is 63.7 Å². The van der Waals surface area contributed by atoms with Crippen molar-refractivity contribution in [2.75, 3.05) is 0 Å². The molecule has 1 aliphatic rings. The second-order valence-electron chi connectivity index (χ2n) is 7.83. The van der Waals surface area contributed by atoms with Crippen LogP contribution in [0.3, 0.4) is 0 Å². The average Bonchev–Trinajstić information content (AvgIpc) is 2.91. The Labute approximate surface area is 156 Å². The van der Waals surface area contributed by atoms with Gasteiger partial charge in [0.2, 0.25) is 0 Å². The van der Waals surface area contributed by atoms with Gasteiger partial charge in [-0.15, -0.1) is 5.06 Å². The van der Waals surface area contributed by atoms with Crippen LogP contribution in [-0.2, 0) is 25.6 Å². The maximum atomic E-state index is 11.9. The highest BCUT2D eigenvalue weighted by molar-refractivity contribution is 6.92. The molecule has 0 atom stereocenters. The van der Waals surface area contributed by atoms with E-state index >= 15 is 0 Å². The van der Waals surface area contributed by atoms with Gasteiger partial charge in [0.05, 0.1) is 14.5 Å². The van der Waals surface area contributed by atoms with Crippen LogP contribution >= 0.6 is 0 Å². The van der Waals surface area contributed by atoms with Crippen LogP contribution in [0.4, 0.5) is 0 Å². The summed E-state index contributed by atoms with van der Waals surface area (Å²) in [4.78, 5) is 39.7. The molecule has 0 spiro atoms. The summed E-state index contributed by atoms with van der Waals surface area (Å²) in [7, 11) is -1.56. The fourth-order valence-electron chi connectivity index (χ4n) is 3.42. The summed E-state index contributed by atoms with van der Waals surface area (Å²) in [6.07, 6.45) is 0.889. The molecule has 1 heterocycles. The third-order valence-corrected chi connectivity index (χ3v) is 12.2. The molecule has 0 aliphatic carbocycles. The molecule has 2 amide bonds. The largest absolute Gasteiger partial charge is 0.333 e. The number of hydroxylamine groups is 2. The number of benzene rings is 1. The Morgan fingerprint density at radius 3 is 2.00 bits per heavy atom. The molecule has 1 aromatic rings. The van der Waals surface area contributed by atoms with E-state index in [1.54, 1.807) is 0 Å². The van der Waals surface area contributed by atoms with Gasteiger partial charge in [-0.25, -0.2) is 4.79 Å². The molecular weight excluding hydrogens is 346 g/mol. The lowest BCUT2D eigenvalue weighted by atomic mass is 10.1. The quantitative estimate of drug-likeness (QED) is 0.542. The highest BCUT2D eigenvalue weighted by Crippen LogP contribution is 2.31. The lowest BCUT2D eigenvalue weighted by Gasteiger charge is -2.36. The van der Waals surface area contributed by atoms with Crippen molar-refractivity contribution in [3.8, 4) is 0 Å². The maximum Gasteiger partial charge on any atom is 0.333 e. The van der Waals surface area contributed by atoms with Gasteiger partial charge in [-0.3, -0.25) is 9.59 Å². The fourth-order valence-corrected chi connectivity index (χ4v) is 6.97. The molecule has 0 radical (unpaired) electrons. The van der Waals surface area contributed by atoms with E-state index in [-0.39, 0.29) is 19.3 Å². The molecule has 0 unspecified atom stereocenters. The van der Waals surface area contributed by atoms with E-state index in [2.05, 4.69) is 58.5 Å². The van der Waals surface area contributed by atoms with Crippen LogP contribution in [-0.4, -0.2) is 30.9 Å². The van der Waals surface area contributed by atoms with Gasteiger partial charge in [0.25, 0.3) is 11.8 Å². The summed E-state index contributed by atoms with van der Waals surface area (Å²) < 4.78 is 0. The van der Waals surface area contributed by atoms with Gasteiger partial charge in [0.1, 0.15) is 0 Å². The van der Waals surface area contributed by atoms with E-state index in [9.17, 15) is 14.4 Å². The van der Waals surface area contributed by atoms with Gasteiger partial charge >= 0.3 is 5.97 Å². The number of aryl methyl sites for hydroxylation is 1. The van der Waals surface area contributed by atoms with Gasteiger partial charge in [0.15, 0.2) is 0 Å². The first kappa shape index (κ1) is 20.4. The summed E-state index contributed by atoms with van der Waals surface area (Å²) in [5.41, 5.74) is 2.35. The molecule has 1 aliphatic heterocycles. The monoisotopic (exact) mass is 375 g/mol. The number of amides is 2. The molecule has 6 heteroatoms. The Balaban J connectivity index is 1.96. The topological polar surface area (TPSA) is 63.7 Å². The first-order valence-electron chi connectivity index (χ1n) is 9.32. The molecule has 26 heavy (non-hydrogen) atoms. The average molecular weight is 376 g/mol. The predicted octanol–water partition coefficient (Wildman–Crippen LogP) is 3.33. The second-order valence-corrected chi connectivity index (χ2v) is 13.3. The second kappa shape index (κ2) is 8.16. The van der Waals surface area contributed by atoms with Crippen LogP contribution in [0.15, 0.2) is 24.3 Å². The number of imide groups is 1. The predicted molar refractivity (Wildman–Crippen MR) is 103 cm³/mol. The number of carbonyl (C=O) groups excluding carboxylic acids is 3. The van der Waals surface area contributed by atoms with E-state index in [0.717, 1.165) is 5.56 Å². The molecule has 0 saturated carbocycles. The summed E-state index contributed by atoms with van der Waals surface area (Å²) in [6, 6.07) is 8.54. The van der Waals surface area contributed by atoms with Crippen LogP contribution in [0.1, 0.15) is 52.5 Å². The molecule has 2 rings (SSSR count). The standard InChI is InChI=1S/C20H29NO4Si/c1-14(2)26(5,15(3)4)17-9-6-16(7-10-17)8-13-20(24)25-21-18(22)11-12-19(21)23/h6-7,9-10,14-15H,8,11-13H2,1-5H3. The molecule has 1 fully saturated rings. The summed E-state index contributed by atoms with van der Waals surface area (Å²) >= 11 is 0. The lowest BCUT2D eigenvalue weighted by molar-refractivity contribution is -0.197. The van der Waals surface area contributed by atoms with Crippen molar-refractivity contribution >= 4 is 31.0 Å². The normalized spacial score (nSPS) is 15.3. The van der Waals surface area contributed by atoms with E-state index in [0.29, 0.717) is 22.6 Å². The van der Waals surface area contributed by atoms with Crippen molar-refractivity contribution in [2.24, 2.45) is 0 Å². The first-order valence-corrected chi connectivity index (χ1v) is 12.0. The lowest BCUT2D eigenvalue weighted by Crippen LogP contribution is -2.50. The Hall–Kier alpha value is -1.95. The smallest absolute Gasteiger partial charge is 0.330 e. The van der Waals surface area contributed by atoms with Crippen LogP contribution < -0.4 is 5.19 Å². The Morgan fingerprint density at radius 2 is 1.54 bits per heavy atom. The van der Waals surface area contributed by atoms with Crippen LogP contribution in [0.25, 0.3) is 0 Å². The van der Waals surface area contributed by atoms with Crippen LogP contribution in [0, 0.1) is 0 Å². The zero-order valence-corrected chi connectivity index (χ0v) is 17.4. The Kier molecular flexibility index (Phi) is 6.39. The molecular formula is C20H29NO4Si. The van der Waals surface area contributed by atoms with Crippen molar-refractivity contribution in [3.63, 3.8) is 0 Å². The molecule has 5 nitrogen and oxygen atoms in total. The molecule has 0 aromatic heterocycles. The van der Waals surface area contributed by atoms with Gasteiger partial charge in [-0.05, 0) is 23.1 Å². The Bertz CT molecular complexity index is 658. The van der Waals surface area contributed by atoms with Crippen LogP contribution in [0.5, 0.6) is 0 Å². The zero-order chi connectivity index (χ0) is 19.5. The Morgan fingerprint density at radius 1 is 1.04 bits per heavy atom. The van der Waals surface area contributed by atoms with E-state index in [1.807, 2.05) is 0 Å². The van der Waals surface area contributed by atoms with Crippen molar-refractivity contribution in [1.29, 1.82) is 0 Å². The molecule has 1 aromatic carbocycles. The van der Waals surface area contributed by atoms with Gasteiger partial charge in [-0.2, -0.15) is 0 Å². The van der Waals surface area contributed by atoms with Crippen molar-refractivity contribution in [1.82, 2.24) is 5.06 Å².